The van der Waals surface area contributed by atoms with Crippen molar-refractivity contribution in [3.63, 3.8) is 0 Å². The minimum absolute atomic E-state index is 0.0138. The molecular formula is C19H17N3O2S. The van der Waals surface area contributed by atoms with Crippen LogP contribution in [0.25, 0.3) is 0 Å². The van der Waals surface area contributed by atoms with Crippen molar-refractivity contribution in [2.45, 2.75) is 23.8 Å². The van der Waals surface area contributed by atoms with Crippen LogP contribution in [0.2, 0.25) is 0 Å². The van der Waals surface area contributed by atoms with Gasteiger partial charge in [-0.05, 0) is 42.3 Å². The molecule has 6 heteroatoms. The zero-order chi connectivity index (χ0) is 17.6. The number of hydrogen-bond donors (Lipinski definition) is 2. The van der Waals surface area contributed by atoms with Crippen molar-refractivity contribution >= 4 is 29.3 Å². The molecular weight excluding hydrogens is 334 g/mol. The molecule has 5 nitrogen and oxygen atoms in total. The van der Waals surface area contributed by atoms with Crippen molar-refractivity contribution in [2.24, 2.45) is 0 Å². The van der Waals surface area contributed by atoms with E-state index in [-0.39, 0.29) is 24.3 Å². The lowest BCUT2D eigenvalue weighted by Gasteiger charge is -2.25. The number of fused-ring (bicyclic) bond motifs is 1. The zero-order valence-corrected chi connectivity index (χ0v) is 14.3. The number of nitrogens with zero attached hydrogens (tertiary/aromatic N) is 1. The summed E-state index contributed by atoms with van der Waals surface area (Å²) in [7, 11) is 0. The van der Waals surface area contributed by atoms with Gasteiger partial charge in [0.25, 0.3) is 5.91 Å². The van der Waals surface area contributed by atoms with Gasteiger partial charge in [-0.25, -0.2) is 0 Å². The highest BCUT2D eigenvalue weighted by Gasteiger charge is 2.22. The molecule has 0 saturated carbocycles. The Balaban J connectivity index is 1.66. The monoisotopic (exact) mass is 351 g/mol. The molecule has 0 fully saturated rings. The van der Waals surface area contributed by atoms with E-state index in [9.17, 15) is 9.59 Å². The maximum atomic E-state index is 12.5. The Hall–Kier alpha value is -2.78. The standard InChI is InChI=1S/C19H17N3O2S/c20-11-9-18(23)21-14-7-5-13(6-8-14)19(24)22-16-10-12-25-17-4-2-1-3-15(16)17/h1-8,16H,9-10,12H2,(H,21,23)(H,22,24). The molecule has 0 radical (unpaired) electrons. The molecule has 1 heterocycles. The number of rotatable bonds is 4. The number of anilines is 1. The third-order valence-electron chi connectivity index (χ3n) is 3.93. The molecule has 3 rings (SSSR count). The number of carbonyl (C=O) groups excluding carboxylic acids is 2. The molecule has 2 N–H and O–H groups in total. The molecule has 126 valence electrons. The van der Waals surface area contributed by atoms with Crippen LogP contribution in [-0.4, -0.2) is 17.6 Å². The van der Waals surface area contributed by atoms with E-state index in [2.05, 4.69) is 22.8 Å². The maximum absolute atomic E-state index is 12.5. The Morgan fingerprint density at radius 1 is 1.16 bits per heavy atom. The zero-order valence-electron chi connectivity index (χ0n) is 13.5. The Kier molecular flexibility index (Phi) is 5.36. The van der Waals surface area contributed by atoms with Crippen molar-refractivity contribution in [2.75, 3.05) is 11.1 Å². The summed E-state index contributed by atoms with van der Waals surface area (Å²) in [4.78, 5) is 25.1. The predicted octanol–water partition coefficient (Wildman–Crippen LogP) is 3.51. The summed E-state index contributed by atoms with van der Waals surface area (Å²) in [5.74, 6) is 0.476. The van der Waals surface area contributed by atoms with E-state index in [1.54, 1.807) is 30.3 Å². The molecule has 0 aliphatic carbocycles. The maximum Gasteiger partial charge on any atom is 0.251 e. The first-order valence-electron chi connectivity index (χ1n) is 7.97. The quantitative estimate of drug-likeness (QED) is 0.883. The number of nitriles is 1. The normalized spacial score (nSPS) is 15.6. The minimum atomic E-state index is -0.365. The van der Waals surface area contributed by atoms with Crippen molar-refractivity contribution in [1.82, 2.24) is 5.32 Å². The molecule has 2 aromatic carbocycles. The van der Waals surface area contributed by atoms with E-state index in [1.807, 2.05) is 23.9 Å². The Labute approximate surface area is 150 Å². The van der Waals surface area contributed by atoms with Crippen molar-refractivity contribution in [1.29, 1.82) is 5.26 Å². The second-order valence-electron chi connectivity index (χ2n) is 5.66. The topological polar surface area (TPSA) is 82.0 Å². The van der Waals surface area contributed by atoms with Crippen LogP contribution in [0.4, 0.5) is 5.69 Å². The van der Waals surface area contributed by atoms with E-state index in [0.717, 1.165) is 17.7 Å². The predicted molar refractivity (Wildman–Crippen MR) is 97.3 cm³/mol. The van der Waals surface area contributed by atoms with Gasteiger partial charge in [0.05, 0.1) is 12.1 Å². The molecule has 1 atom stereocenters. The lowest BCUT2D eigenvalue weighted by molar-refractivity contribution is -0.115. The molecule has 0 spiro atoms. The van der Waals surface area contributed by atoms with E-state index in [0.29, 0.717) is 11.3 Å². The Morgan fingerprint density at radius 2 is 1.92 bits per heavy atom. The molecule has 2 aromatic rings. The van der Waals surface area contributed by atoms with E-state index < -0.39 is 0 Å². The fourth-order valence-electron chi connectivity index (χ4n) is 2.72. The van der Waals surface area contributed by atoms with Gasteiger partial charge in [-0.2, -0.15) is 5.26 Å². The minimum Gasteiger partial charge on any atom is -0.345 e. The highest BCUT2D eigenvalue weighted by molar-refractivity contribution is 7.99. The molecule has 0 aromatic heterocycles. The molecule has 0 bridgehead atoms. The summed E-state index contributed by atoms with van der Waals surface area (Å²) in [6, 6.07) is 16.6. The van der Waals surface area contributed by atoms with Gasteiger partial charge in [-0.15, -0.1) is 11.8 Å². The summed E-state index contributed by atoms with van der Waals surface area (Å²) >= 11 is 1.81. The van der Waals surface area contributed by atoms with Gasteiger partial charge in [0.2, 0.25) is 5.91 Å². The van der Waals surface area contributed by atoms with E-state index in [1.165, 1.54) is 4.90 Å². The first-order valence-corrected chi connectivity index (χ1v) is 8.95. The van der Waals surface area contributed by atoms with Gasteiger partial charge in [0.1, 0.15) is 6.42 Å². The van der Waals surface area contributed by atoms with Crippen LogP contribution in [0.3, 0.4) is 0 Å². The fraction of sp³-hybridized carbons (Fsp3) is 0.211. The number of benzene rings is 2. The SMILES string of the molecule is N#CCC(=O)Nc1ccc(C(=O)NC2CCSc3ccccc32)cc1. The first-order chi connectivity index (χ1) is 12.2. The van der Waals surface area contributed by atoms with Crippen molar-refractivity contribution in [3.05, 3.63) is 59.7 Å². The lowest BCUT2D eigenvalue weighted by Crippen LogP contribution is -2.30. The smallest absolute Gasteiger partial charge is 0.251 e. The molecule has 1 unspecified atom stereocenters. The molecule has 1 aliphatic heterocycles. The van der Waals surface area contributed by atoms with Crippen LogP contribution in [0.1, 0.15) is 34.8 Å². The largest absolute Gasteiger partial charge is 0.345 e. The van der Waals surface area contributed by atoms with Gasteiger partial charge >= 0.3 is 0 Å². The van der Waals surface area contributed by atoms with Crippen LogP contribution in [0.5, 0.6) is 0 Å². The fourth-order valence-corrected chi connectivity index (χ4v) is 3.84. The number of carbonyl (C=O) groups is 2. The second kappa shape index (κ2) is 7.86. The number of thioether (sulfide) groups is 1. The average Bonchev–Trinajstić information content (AvgIpc) is 2.63. The van der Waals surface area contributed by atoms with Crippen molar-refractivity contribution in [3.8, 4) is 6.07 Å². The Bertz CT molecular complexity index is 827. The summed E-state index contributed by atoms with van der Waals surface area (Å²) in [5.41, 5.74) is 2.26. The first kappa shape index (κ1) is 17.1. The number of amides is 2. The van der Waals surface area contributed by atoms with E-state index in [4.69, 9.17) is 5.26 Å². The summed E-state index contributed by atoms with van der Waals surface area (Å²) < 4.78 is 0. The third kappa shape index (κ3) is 4.20. The molecule has 25 heavy (non-hydrogen) atoms. The van der Waals surface area contributed by atoms with Crippen LogP contribution in [0.15, 0.2) is 53.4 Å². The lowest BCUT2D eigenvalue weighted by atomic mass is 10.0. The molecule has 2 amide bonds. The van der Waals surface area contributed by atoms with Gasteiger partial charge in [-0.3, -0.25) is 9.59 Å². The summed E-state index contributed by atoms with van der Waals surface area (Å²) in [6.45, 7) is 0. The number of nitrogens with one attached hydrogen (secondary N) is 2. The van der Waals surface area contributed by atoms with Gasteiger partial charge in [0.15, 0.2) is 0 Å². The third-order valence-corrected chi connectivity index (χ3v) is 5.06. The van der Waals surface area contributed by atoms with Gasteiger partial charge < -0.3 is 10.6 Å². The highest BCUT2D eigenvalue weighted by atomic mass is 32.2. The molecule has 1 aliphatic rings. The second-order valence-corrected chi connectivity index (χ2v) is 6.80. The van der Waals surface area contributed by atoms with Crippen LogP contribution >= 0.6 is 11.8 Å². The van der Waals surface area contributed by atoms with Crippen LogP contribution in [0, 0.1) is 11.3 Å². The summed E-state index contributed by atoms with van der Waals surface area (Å²) in [5, 5.41) is 14.2. The molecule has 0 saturated heterocycles. The van der Waals surface area contributed by atoms with E-state index >= 15 is 0 Å². The van der Waals surface area contributed by atoms with Gasteiger partial charge in [0, 0.05) is 21.9 Å². The highest BCUT2D eigenvalue weighted by Crippen LogP contribution is 2.35. The summed E-state index contributed by atoms with van der Waals surface area (Å²) in [6.07, 6.45) is 0.705. The van der Waals surface area contributed by atoms with Crippen LogP contribution in [-0.2, 0) is 4.79 Å². The van der Waals surface area contributed by atoms with Crippen molar-refractivity contribution < 1.29 is 9.59 Å². The van der Waals surface area contributed by atoms with Crippen LogP contribution < -0.4 is 10.6 Å². The van der Waals surface area contributed by atoms with Gasteiger partial charge in [-0.1, -0.05) is 18.2 Å². The number of hydrogen-bond acceptors (Lipinski definition) is 4. The average molecular weight is 351 g/mol. The Morgan fingerprint density at radius 3 is 2.68 bits per heavy atom.